The molecule has 3 amide bonds. The third-order valence-electron chi connectivity index (χ3n) is 13.8. The molecule has 2 atom stereocenters. The number of hydrogen-bond acceptors (Lipinski definition) is 13. The van der Waals surface area contributed by atoms with Gasteiger partial charge in [0.05, 0.1) is 22.3 Å². The minimum absolute atomic E-state index is 0.0556. The third kappa shape index (κ3) is 9.33. The number of halogens is 2. The van der Waals surface area contributed by atoms with Crippen LogP contribution in [0.1, 0.15) is 65.1 Å². The lowest BCUT2D eigenvalue weighted by Crippen LogP contribution is -2.52. The van der Waals surface area contributed by atoms with Gasteiger partial charge in [-0.2, -0.15) is 5.26 Å². The number of rotatable bonds is 12. The molecule has 0 aliphatic carbocycles. The molecule has 0 spiro atoms. The van der Waals surface area contributed by atoms with E-state index < -0.39 is 18.0 Å². The first-order valence-electron chi connectivity index (χ1n) is 22.9. The molecule has 4 aromatic carbocycles. The molecule has 346 valence electrons. The monoisotopic (exact) mass is 928 g/mol. The Labute approximate surface area is 390 Å². The second kappa shape index (κ2) is 19.1. The molecule has 2 N–H and O–H groups in total. The molecule has 67 heavy (non-hydrogen) atoms. The fraction of sp³-hybridized carbons (Fsp3) is 0.388. The smallest absolute Gasteiger partial charge is 0.265 e. The number of carbonyl (C=O) groups excluding carboxylic acids is 3. The fourth-order valence-electron chi connectivity index (χ4n) is 9.88. The summed E-state index contributed by atoms with van der Waals surface area (Å²) in [6.45, 7) is 8.88. The number of nitriles is 1. The Morgan fingerprint density at radius 2 is 1.61 bits per heavy atom. The molecule has 5 aromatic rings. The molecule has 0 radical (unpaired) electrons. The zero-order valence-corrected chi connectivity index (χ0v) is 37.7. The molecule has 15 nitrogen and oxygen atoms in total. The third-order valence-corrected chi connectivity index (χ3v) is 14.7. The minimum atomic E-state index is -0.914. The van der Waals surface area contributed by atoms with Gasteiger partial charge in [-0.1, -0.05) is 12.1 Å². The van der Waals surface area contributed by atoms with Crippen molar-refractivity contribution in [2.24, 2.45) is 0 Å². The van der Waals surface area contributed by atoms with E-state index in [-0.39, 0.29) is 58.7 Å². The topological polar surface area (TPSA) is 159 Å². The van der Waals surface area contributed by atoms with Crippen molar-refractivity contribution in [3.8, 4) is 23.3 Å². The maximum atomic E-state index is 15.1. The highest BCUT2D eigenvalue weighted by molar-refractivity contribution is 7.98. The highest BCUT2D eigenvalue weighted by atomic mass is 32.2. The number of carbonyl (C=O) groups is 3. The maximum Gasteiger partial charge on any atom is 0.265 e. The standard InChI is InChI=1S/C49H50F2N10O5S/c50-34-15-18-59(29-34)67-55-43-10-8-41(51)46(40(43)27-52)66-37-6-9-42-39(26-37)49(65)61(30-53-42)36-4-2-35(3-5-36)58-23-21-57(22-24-58)20-19-56-16-13-31(14-17-56)32-1-7-38-33(25-32)28-60(48(38)64)44-11-12-45(62)54-47(44)63/h1-10,25-26,30-31,34,44,55H,11-24,28-29H2,(H,54,62,63). The summed E-state index contributed by atoms with van der Waals surface area (Å²) in [6.07, 6.45) is 3.70. The van der Waals surface area contributed by atoms with E-state index in [0.29, 0.717) is 54.3 Å². The molecule has 0 saturated carbocycles. The van der Waals surface area contributed by atoms with E-state index in [2.05, 4.69) is 41.9 Å². The van der Waals surface area contributed by atoms with Crippen LogP contribution in [0.15, 0.2) is 83.9 Å². The van der Waals surface area contributed by atoms with Gasteiger partial charge in [-0.25, -0.2) is 18.1 Å². The quantitative estimate of drug-likeness (QED) is 0.112. The number of likely N-dealkylation sites (tertiary alicyclic amines) is 1. The van der Waals surface area contributed by atoms with Gasteiger partial charge in [0.1, 0.15) is 35.9 Å². The number of benzene rings is 4. The number of nitrogens with zero attached hydrogens (tertiary/aromatic N) is 8. The predicted molar refractivity (Wildman–Crippen MR) is 250 cm³/mol. The molecule has 6 heterocycles. The molecule has 4 saturated heterocycles. The number of aromatic nitrogens is 2. The van der Waals surface area contributed by atoms with E-state index in [9.17, 15) is 28.8 Å². The van der Waals surface area contributed by atoms with Gasteiger partial charge in [-0.3, -0.25) is 34.0 Å². The van der Waals surface area contributed by atoms with Gasteiger partial charge < -0.3 is 24.2 Å². The van der Waals surface area contributed by atoms with Crippen LogP contribution in [0, 0.1) is 17.1 Å². The van der Waals surface area contributed by atoms with Crippen LogP contribution in [0.4, 0.5) is 20.2 Å². The summed E-state index contributed by atoms with van der Waals surface area (Å²) in [7, 11) is 0. The first-order valence-corrected chi connectivity index (χ1v) is 23.7. The average molecular weight is 929 g/mol. The fourth-order valence-corrected chi connectivity index (χ4v) is 10.7. The van der Waals surface area contributed by atoms with Crippen molar-refractivity contribution in [3.05, 3.63) is 118 Å². The number of anilines is 2. The van der Waals surface area contributed by atoms with E-state index in [1.165, 1.54) is 34.7 Å². The van der Waals surface area contributed by atoms with Gasteiger partial charge in [0, 0.05) is 88.7 Å². The molecule has 2 unspecified atom stereocenters. The number of nitrogens with one attached hydrogen (secondary N) is 2. The largest absolute Gasteiger partial charge is 0.453 e. The van der Waals surface area contributed by atoms with Crippen molar-refractivity contribution >= 4 is 52.1 Å². The molecule has 4 fully saturated rings. The number of amides is 3. The number of hydrogen-bond donors (Lipinski definition) is 2. The lowest BCUT2D eigenvalue weighted by atomic mass is 9.88. The van der Waals surface area contributed by atoms with Crippen molar-refractivity contribution in [2.75, 3.05) is 75.1 Å². The Balaban J connectivity index is 0.705. The number of piperazine rings is 1. The van der Waals surface area contributed by atoms with E-state index in [4.69, 9.17) is 4.74 Å². The SMILES string of the molecule is N#Cc1c(NSN2CCC(F)C2)ccc(F)c1Oc1ccc2ncn(-c3ccc(N4CCN(CCN5CCC(c6ccc7c(c6)CN(C6CCC(=O)NC6=O)C7=O)CC5)CC4)cc3)c(=O)c2c1. The molecule has 18 heteroatoms. The van der Waals surface area contributed by atoms with E-state index in [1.807, 2.05) is 36.4 Å². The van der Waals surface area contributed by atoms with Crippen LogP contribution in [0.5, 0.6) is 11.5 Å². The van der Waals surface area contributed by atoms with Crippen LogP contribution in [0.25, 0.3) is 16.6 Å². The van der Waals surface area contributed by atoms with Crippen LogP contribution < -0.4 is 25.2 Å². The van der Waals surface area contributed by atoms with Crippen molar-refractivity contribution in [1.29, 1.82) is 5.26 Å². The Morgan fingerprint density at radius 3 is 2.34 bits per heavy atom. The molecule has 5 aliphatic heterocycles. The number of piperidine rings is 2. The summed E-state index contributed by atoms with van der Waals surface area (Å²) in [6, 6.07) is 22.7. The van der Waals surface area contributed by atoms with Crippen molar-refractivity contribution < 1.29 is 27.9 Å². The van der Waals surface area contributed by atoms with E-state index >= 15 is 4.39 Å². The zero-order chi connectivity index (χ0) is 46.2. The zero-order valence-electron chi connectivity index (χ0n) is 36.8. The molecule has 1 aromatic heterocycles. The lowest BCUT2D eigenvalue weighted by molar-refractivity contribution is -0.136. The van der Waals surface area contributed by atoms with Crippen LogP contribution in [0.2, 0.25) is 0 Å². The second-order valence-corrected chi connectivity index (χ2v) is 18.8. The summed E-state index contributed by atoms with van der Waals surface area (Å²) in [5, 5.41) is 12.6. The first-order chi connectivity index (χ1) is 32.6. The van der Waals surface area contributed by atoms with Crippen LogP contribution in [-0.4, -0.2) is 124 Å². The molecule has 5 aliphatic rings. The first kappa shape index (κ1) is 44.4. The highest BCUT2D eigenvalue weighted by Gasteiger charge is 2.39. The van der Waals surface area contributed by atoms with Crippen molar-refractivity contribution in [2.45, 2.75) is 56.8 Å². The molecule has 0 bridgehead atoms. The summed E-state index contributed by atoms with van der Waals surface area (Å²) < 4.78 is 41.0. The molecular formula is C49H50F2N10O5S. The van der Waals surface area contributed by atoms with Gasteiger partial charge in [-0.05, 0) is 116 Å². The number of ether oxygens (including phenoxy) is 1. The van der Waals surface area contributed by atoms with Crippen LogP contribution in [-0.2, 0) is 16.1 Å². The molecule has 10 rings (SSSR count). The van der Waals surface area contributed by atoms with Gasteiger partial charge in [0.15, 0.2) is 11.6 Å². The highest BCUT2D eigenvalue weighted by Crippen LogP contribution is 2.37. The van der Waals surface area contributed by atoms with Crippen LogP contribution in [0.3, 0.4) is 0 Å². The Bertz CT molecular complexity index is 2820. The van der Waals surface area contributed by atoms with E-state index in [1.54, 1.807) is 21.3 Å². The summed E-state index contributed by atoms with van der Waals surface area (Å²) in [5.41, 5.74) is 4.96. The number of imide groups is 1. The molecular weight excluding hydrogens is 879 g/mol. The van der Waals surface area contributed by atoms with Gasteiger partial charge in [0.25, 0.3) is 11.5 Å². The van der Waals surface area contributed by atoms with Gasteiger partial charge in [0.2, 0.25) is 11.8 Å². The van der Waals surface area contributed by atoms with Gasteiger partial charge >= 0.3 is 0 Å². The summed E-state index contributed by atoms with van der Waals surface area (Å²) in [5.74, 6) is -1.25. The Morgan fingerprint density at radius 1 is 0.851 bits per heavy atom. The average Bonchev–Trinajstić information content (AvgIpc) is 3.92. The van der Waals surface area contributed by atoms with Crippen molar-refractivity contribution in [3.63, 3.8) is 0 Å². The van der Waals surface area contributed by atoms with E-state index in [0.717, 1.165) is 88.6 Å². The number of fused-ring (bicyclic) bond motifs is 2. The summed E-state index contributed by atoms with van der Waals surface area (Å²) >= 11 is 1.15. The lowest BCUT2D eigenvalue weighted by Gasteiger charge is -2.38. The normalized spacial score (nSPS) is 20.9. The summed E-state index contributed by atoms with van der Waals surface area (Å²) in [4.78, 5) is 64.7. The number of alkyl halides is 1. The Kier molecular flexibility index (Phi) is 12.7. The Hall–Kier alpha value is -6.39. The van der Waals surface area contributed by atoms with Crippen molar-refractivity contribution in [1.82, 2.24) is 33.9 Å². The predicted octanol–water partition coefficient (Wildman–Crippen LogP) is 5.97. The van der Waals surface area contributed by atoms with Crippen LogP contribution >= 0.6 is 12.1 Å². The minimum Gasteiger partial charge on any atom is -0.453 e. The maximum absolute atomic E-state index is 15.1. The van der Waals surface area contributed by atoms with Gasteiger partial charge in [-0.15, -0.1) is 0 Å². The second-order valence-electron chi connectivity index (χ2n) is 17.9.